The highest BCUT2D eigenvalue weighted by Crippen LogP contribution is 2.47. The Morgan fingerprint density at radius 1 is 1.11 bits per heavy atom. The van der Waals surface area contributed by atoms with Crippen molar-refractivity contribution in [3.63, 3.8) is 0 Å². The molecule has 4 rings (SSSR count). The lowest BCUT2D eigenvalue weighted by Crippen LogP contribution is -2.34. The van der Waals surface area contributed by atoms with Crippen molar-refractivity contribution in [2.24, 2.45) is 5.14 Å². The van der Waals surface area contributed by atoms with Crippen LogP contribution in [0.4, 0.5) is 0 Å². The van der Waals surface area contributed by atoms with E-state index in [-0.39, 0.29) is 15.2 Å². The summed E-state index contributed by atoms with van der Waals surface area (Å²) in [6, 6.07) is 4.56. The molecule has 0 aliphatic heterocycles. The van der Waals surface area contributed by atoms with Crippen molar-refractivity contribution >= 4 is 26.3 Å². The van der Waals surface area contributed by atoms with Crippen molar-refractivity contribution in [2.45, 2.75) is 62.6 Å². The quantitative estimate of drug-likeness (QED) is 0.704. The topological polar surface area (TPSA) is 90.4 Å². The second-order valence-corrected chi connectivity index (χ2v) is 11.4. The maximum absolute atomic E-state index is 11.5. The van der Waals surface area contributed by atoms with E-state index in [0.717, 1.165) is 34.6 Å². The number of benzene rings is 1. The number of hydrogen-bond donors (Lipinski definition) is 1. The summed E-state index contributed by atoms with van der Waals surface area (Å²) in [5, 5.41) is 9.22. The van der Waals surface area contributed by atoms with E-state index >= 15 is 0 Å². The Hall–Kier alpha value is -1.77. The molecule has 27 heavy (non-hydrogen) atoms. The number of fused-ring (bicyclic) bond motifs is 2. The molecule has 6 nitrogen and oxygen atoms in total. The van der Waals surface area contributed by atoms with Crippen LogP contribution in [0.1, 0.15) is 57.2 Å². The minimum absolute atomic E-state index is 0.115. The van der Waals surface area contributed by atoms with Crippen LogP contribution in [0.5, 0.6) is 0 Å². The molecule has 1 aliphatic rings. The van der Waals surface area contributed by atoms with E-state index in [2.05, 4.69) is 56.8 Å². The Morgan fingerprint density at radius 3 is 2.26 bits per heavy atom. The van der Waals surface area contributed by atoms with E-state index in [1.807, 2.05) is 0 Å². The highest BCUT2D eigenvalue weighted by Gasteiger charge is 2.37. The summed E-state index contributed by atoms with van der Waals surface area (Å²) in [5.41, 5.74) is 6.09. The Labute approximate surface area is 163 Å². The van der Waals surface area contributed by atoms with Gasteiger partial charge in [-0.3, -0.25) is 0 Å². The van der Waals surface area contributed by atoms with Crippen LogP contribution < -0.4 is 5.14 Å². The molecule has 0 saturated carbocycles. The molecule has 3 aromatic rings. The Kier molecular flexibility index (Phi) is 3.87. The van der Waals surface area contributed by atoms with Gasteiger partial charge in [-0.05, 0) is 53.4 Å². The number of imidazole rings is 1. The van der Waals surface area contributed by atoms with Crippen molar-refractivity contribution in [1.29, 1.82) is 0 Å². The molecule has 2 aromatic heterocycles. The van der Waals surface area contributed by atoms with Gasteiger partial charge < -0.3 is 0 Å². The van der Waals surface area contributed by atoms with Gasteiger partial charge in [0.05, 0.1) is 11.9 Å². The predicted molar refractivity (Wildman–Crippen MR) is 108 cm³/mol. The van der Waals surface area contributed by atoms with Crippen LogP contribution in [-0.2, 0) is 20.9 Å². The van der Waals surface area contributed by atoms with Crippen LogP contribution in [0.3, 0.4) is 0 Å². The SMILES string of the molecule is Cc1cc2c(cc1-c1cn3nc(S(N)(=O)=O)sc3n1)C(C)(C)CCC2(C)C. The van der Waals surface area contributed by atoms with Crippen LogP contribution in [0.2, 0.25) is 0 Å². The first kappa shape index (κ1) is 18.6. The lowest BCUT2D eigenvalue weighted by molar-refractivity contribution is 0.332. The van der Waals surface area contributed by atoms with Gasteiger partial charge in [0.1, 0.15) is 0 Å². The first-order valence-electron chi connectivity index (χ1n) is 8.93. The molecule has 144 valence electrons. The third-order valence-electron chi connectivity index (χ3n) is 5.74. The molecule has 0 bridgehead atoms. The molecule has 0 fully saturated rings. The summed E-state index contributed by atoms with van der Waals surface area (Å²) >= 11 is 0.982. The molecule has 0 amide bonds. The van der Waals surface area contributed by atoms with Crippen molar-refractivity contribution in [3.8, 4) is 11.3 Å². The zero-order valence-electron chi connectivity index (χ0n) is 16.2. The molecule has 0 saturated heterocycles. The largest absolute Gasteiger partial charge is 0.267 e. The standard InChI is InChI=1S/C19H24N4O2S2/c1-11-8-13-14(19(4,5)7-6-18(13,2)3)9-12(11)15-10-23-16(21-15)26-17(22-23)27(20,24)25/h8-10H,6-7H2,1-5H3,(H2,20,24,25). The third kappa shape index (κ3) is 2.99. The van der Waals surface area contributed by atoms with Gasteiger partial charge in [0.25, 0.3) is 10.0 Å². The van der Waals surface area contributed by atoms with Gasteiger partial charge in [-0.1, -0.05) is 45.1 Å². The molecule has 8 heteroatoms. The zero-order valence-corrected chi connectivity index (χ0v) is 17.8. The molecule has 0 unspecified atom stereocenters. The van der Waals surface area contributed by atoms with Crippen LogP contribution >= 0.6 is 11.3 Å². The van der Waals surface area contributed by atoms with Gasteiger partial charge in [0.2, 0.25) is 9.30 Å². The van der Waals surface area contributed by atoms with Crippen molar-refractivity contribution < 1.29 is 8.42 Å². The first-order valence-corrected chi connectivity index (χ1v) is 11.3. The number of aromatic nitrogens is 3. The van der Waals surface area contributed by atoms with Gasteiger partial charge in [-0.15, -0.1) is 5.10 Å². The molecule has 2 N–H and O–H groups in total. The second kappa shape index (κ2) is 5.62. The van der Waals surface area contributed by atoms with Crippen molar-refractivity contribution in [3.05, 3.63) is 35.0 Å². The number of primary sulfonamides is 1. The average Bonchev–Trinajstić information content (AvgIpc) is 3.10. The average molecular weight is 405 g/mol. The minimum Gasteiger partial charge on any atom is -0.223 e. The maximum atomic E-state index is 11.5. The second-order valence-electron chi connectivity index (χ2n) is 8.75. The van der Waals surface area contributed by atoms with E-state index in [4.69, 9.17) is 5.14 Å². The molecular weight excluding hydrogens is 380 g/mol. The fourth-order valence-electron chi connectivity index (χ4n) is 3.92. The smallest absolute Gasteiger partial charge is 0.223 e. The number of nitrogens with two attached hydrogens (primary N) is 1. The molecule has 0 radical (unpaired) electrons. The first-order chi connectivity index (χ1) is 12.4. The monoisotopic (exact) mass is 404 g/mol. The van der Waals surface area contributed by atoms with Gasteiger partial charge in [0, 0.05) is 5.56 Å². The van der Waals surface area contributed by atoms with Gasteiger partial charge in [-0.2, -0.15) is 0 Å². The highest BCUT2D eigenvalue weighted by atomic mass is 32.2. The maximum Gasteiger partial charge on any atom is 0.267 e. The zero-order chi connectivity index (χ0) is 19.8. The molecular formula is C19H24N4O2S2. The minimum atomic E-state index is -3.81. The van der Waals surface area contributed by atoms with E-state index < -0.39 is 10.0 Å². The van der Waals surface area contributed by atoms with E-state index in [1.54, 1.807) is 6.20 Å². The number of rotatable bonds is 2. The summed E-state index contributed by atoms with van der Waals surface area (Å²) in [7, 11) is -3.81. The molecule has 0 spiro atoms. The summed E-state index contributed by atoms with van der Waals surface area (Å²) in [6.45, 7) is 11.3. The van der Waals surface area contributed by atoms with Gasteiger partial charge in [-0.25, -0.2) is 23.1 Å². The molecule has 1 aromatic carbocycles. The summed E-state index contributed by atoms with van der Waals surface area (Å²) in [5.74, 6) is 0. The fourth-order valence-corrected chi connectivity index (χ4v) is 5.43. The van der Waals surface area contributed by atoms with Crippen LogP contribution in [-0.4, -0.2) is 23.0 Å². The number of aryl methyl sites for hydroxylation is 1. The van der Waals surface area contributed by atoms with Gasteiger partial charge in [0.15, 0.2) is 0 Å². The van der Waals surface area contributed by atoms with Crippen LogP contribution in [0.15, 0.2) is 22.7 Å². The van der Waals surface area contributed by atoms with E-state index in [0.29, 0.717) is 4.96 Å². The summed E-state index contributed by atoms with van der Waals surface area (Å²) in [4.78, 5) is 5.13. The third-order valence-corrected chi connectivity index (χ3v) is 7.97. The molecule has 2 heterocycles. The van der Waals surface area contributed by atoms with Crippen molar-refractivity contribution in [1.82, 2.24) is 14.6 Å². The number of hydrogen-bond acceptors (Lipinski definition) is 5. The fraction of sp³-hybridized carbons (Fsp3) is 0.474. The van der Waals surface area contributed by atoms with Crippen LogP contribution in [0, 0.1) is 6.92 Å². The lowest BCUT2D eigenvalue weighted by Gasteiger charge is -2.42. The lowest BCUT2D eigenvalue weighted by atomic mass is 9.62. The summed E-state index contributed by atoms with van der Waals surface area (Å²) < 4.78 is 24.3. The Balaban J connectivity index is 1.88. The number of sulfonamides is 1. The van der Waals surface area contributed by atoms with Gasteiger partial charge >= 0.3 is 0 Å². The van der Waals surface area contributed by atoms with E-state index in [1.165, 1.54) is 22.1 Å². The normalized spacial score (nSPS) is 18.6. The Bertz CT molecular complexity index is 1140. The van der Waals surface area contributed by atoms with E-state index in [9.17, 15) is 8.42 Å². The summed E-state index contributed by atoms with van der Waals surface area (Å²) in [6.07, 6.45) is 4.09. The molecule has 1 aliphatic carbocycles. The van der Waals surface area contributed by atoms with Crippen LogP contribution in [0.25, 0.3) is 16.2 Å². The highest BCUT2D eigenvalue weighted by molar-refractivity contribution is 7.91. The molecule has 0 atom stereocenters. The Morgan fingerprint density at radius 2 is 1.70 bits per heavy atom. The predicted octanol–water partition coefficient (Wildman–Crippen LogP) is 3.76. The number of nitrogens with zero attached hydrogens (tertiary/aromatic N) is 3. The van der Waals surface area contributed by atoms with Crippen molar-refractivity contribution in [2.75, 3.05) is 0 Å².